The van der Waals surface area contributed by atoms with Crippen LogP contribution in [-0.4, -0.2) is 30.5 Å². The van der Waals surface area contributed by atoms with Gasteiger partial charge in [0.1, 0.15) is 0 Å². The molecule has 124 valence electrons. The van der Waals surface area contributed by atoms with Gasteiger partial charge in [0.15, 0.2) is 0 Å². The van der Waals surface area contributed by atoms with E-state index in [0.717, 1.165) is 0 Å². The number of benzene rings is 2. The lowest BCUT2D eigenvalue weighted by Gasteiger charge is -2.10. The van der Waals surface area contributed by atoms with Crippen molar-refractivity contribution in [3.63, 3.8) is 0 Å². The number of nitro benzene ring substituents is 1. The standard InChI is InChI=1S/C16H15N3O5/c1-24-16(21)13-7-2-3-8-14(13)18-15(20)10-17-11-5-4-6-12(9-11)19(22)23/h2-9,17H,10H2,1H3,(H,18,20). The van der Waals surface area contributed by atoms with Gasteiger partial charge in [0.2, 0.25) is 5.91 Å². The molecule has 0 aliphatic carbocycles. The topological polar surface area (TPSA) is 111 Å². The van der Waals surface area contributed by atoms with E-state index < -0.39 is 16.8 Å². The number of amides is 1. The van der Waals surface area contributed by atoms with Crippen molar-refractivity contribution in [1.29, 1.82) is 0 Å². The normalized spacial score (nSPS) is 9.88. The lowest BCUT2D eigenvalue weighted by molar-refractivity contribution is -0.384. The Morgan fingerprint density at radius 2 is 1.92 bits per heavy atom. The average Bonchev–Trinajstić information content (AvgIpc) is 2.60. The molecule has 2 aromatic rings. The number of hydrogen-bond donors (Lipinski definition) is 2. The SMILES string of the molecule is COC(=O)c1ccccc1NC(=O)CNc1cccc([N+](=O)[O-])c1. The summed E-state index contributed by atoms with van der Waals surface area (Å²) in [5.41, 5.74) is 0.941. The molecule has 8 nitrogen and oxygen atoms in total. The molecule has 1 amide bonds. The number of ether oxygens (including phenoxy) is 1. The van der Waals surface area contributed by atoms with Crippen LogP contribution in [0.25, 0.3) is 0 Å². The predicted octanol–water partition coefficient (Wildman–Crippen LogP) is 2.43. The van der Waals surface area contributed by atoms with E-state index in [1.165, 1.54) is 31.4 Å². The third kappa shape index (κ3) is 4.29. The van der Waals surface area contributed by atoms with Crippen LogP contribution in [0.1, 0.15) is 10.4 Å². The largest absolute Gasteiger partial charge is 0.465 e. The molecule has 0 spiro atoms. The van der Waals surface area contributed by atoms with Crippen molar-refractivity contribution in [2.75, 3.05) is 24.3 Å². The Morgan fingerprint density at radius 3 is 2.62 bits per heavy atom. The molecule has 0 fully saturated rings. The number of hydrogen-bond acceptors (Lipinski definition) is 6. The van der Waals surface area contributed by atoms with E-state index in [1.807, 2.05) is 0 Å². The molecule has 0 saturated heterocycles. The number of carbonyl (C=O) groups is 2. The molecule has 0 heterocycles. The molecular weight excluding hydrogens is 314 g/mol. The summed E-state index contributed by atoms with van der Waals surface area (Å²) >= 11 is 0. The summed E-state index contributed by atoms with van der Waals surface area (Å²) in [6.45, 7) is -0.114. The smallest absolute Gasteiger partial charge is 0.339 e. The monoisotopic (exact) mass is 329 g/mol. The fourth-order valence-electron chi connectivity index (χ4n) is 1.99. The molecule has 0 unspecified atom stereocenters. The van der Waals surface area contributed by atoms with Crippen LogP contribution in [0.2, 0.25) is 0 Å². The summed E-state index contributed by atoms with van der Waals surface area (Å²) in [6, 6.07) is 12.3. The van der Waals surface area contributed by atoms with E-state index in [0.29, 0.717) is 11.4 Å². The van der Waals surface area contributed by atoms with Gasteiger partial charge in [-0.3, -0.25) is 14.9 Å². The summed E-state index contributed by atoms with van der Waals surface area (Å²) in [7, 11) is 1.25. The van der Waals surface area contributed by atoms with Gasteiger partial charge in [-0.15, -0.1) is 0 Å². The van der Waals surface area contributed by atoms with Crippen molar-refractivity contribution in [2.24, 2.45) is 0 Å². The number of para-hydroxylation sites is 1. The Bertz CT molecular complexity index is 776. The zero-order chi connectivity index (χ0) is 17.5. The van der Waals surface area contributed by atoms with Crippen molar-refractivity contribution in [1.82, 2.24) is 0 Å². The zero-order valence-electron chi connectivity index (χ0n) is 12.8. The minimum atomic E-state index is -0.558. The van der Waals surface area contributed by atoms with Gasteiger partial charge in [-0.05, 0) is 18.2 Å². The molecule has 0 saturated carbocycles. The van der Waals surface area contributed by atoms with Crippen molar-refractivity contribution < 1.29 is 19.2 Å². The number of anilines is 2. The Kier molecular flexibility index (Phi) is 5.45. The molecule has 0 aliphatic rings. The fourth-order valence-corrected chi connectivity index (χ4v) is 1.99. The molecule has 0 aliphatic heterocycles. The fraction of sp³-hybridized carbons (Fsp3) is 0.125. The first-order valence-electron chi connectivity index (χ1n) is 6.97. The van der Waals surface area contributed by atoms with Gasteiger partial charge in [-0.1, -0.05) is 18.2 Å². The van der Waals surface area contributed by atoms with Crippen LogP contribution in [0.5, 0.6) is 0 Å². The molecule has 0 aromatic heterocycles. The number of non-ortho nitro benzene ring substituents is 1. The molecule has 2 aromatic carbocycles. The van der Waals surface area contributed by atoms with E-state index in [4.69, 9.17) is 0 Å². The maximum Gasteiger partial charge on any atom is 0.339 e. The molecule has 2 N–H and O–H groups in total. The number of carbonyl (C=O) groups excluding carboxylic acids is 2. The molecule has 0 bridgehead atoms. The second-order valence-corrected chi connectivity index (χ2v) is 4.75. The average molecular weight is 329 g/mol. The zero-order valence-corrected chi connectivity index (χ0v) is 12.8. The Morgan fingerprint density at radius 1 is 1.17 bits per heavy atom. The van der Waals surface area contributed by atoms with Crippen LogP contribution < -0.4 is 10.6 Å². The summed E-state index contributed by atoms with van der Waals surface area (Å²) < 4.78 is 4.65. The van der Waals surface area contributed by atoms with Crippen LogP contribution >= 0.6 is 0 Å². The Labute approximate surface area is 137 Å². The highest BCUT2D eigenvalue weighted by molar-refractivity contribution is 6.02. The van der Waals surface area contributed by atoms with Gasteiger partial charge in [0.25, 0.3) is 5.69 Å². The van der Waals surface area contributed by atoms with Crippen LogP contribution in [0.4, 0.5) is 17.1 Å². The van der Waals surface area contributed by atoms with E-state index in [2.05, 4.69) is 15.4 Å². The van der Waals surface area contributed by atoms with Crippen molar-refractivity contribution in [3.8, 4) is 0 Å². The van der Waals surface area contributed by atoms with E-state index in [9.17, 15) is 19.7 Å². The first-order chi connectivity index (χ1) is 11.5. The van der Waals surface area contributed by atoms with E-state index in [1.54, 1.807) is 24.3 Å². The van der Waals surface area contributed by atoms with Crippen LogP contribution in [0.15, 0.2) is 48.5 Å². The van der Waals surface area contributed by atoms with Gasteiger partial charge >= 0.3 is 5.97 Å². The maximum absolute atomic E-state index is 12.0. The van der Waals surface area contributed by atoms with Crippen molar-refractivity contribution >= 4 is 28.9 Å². The highest BCUT2D eigenvalue weighted by Crippen LogP contribution is 2.18. The highest BCUT2D eigenvalue weighted by atomic mass is 16.6. The van der Waals surface area contributed by atoms with Gasteiger partial charge in [-0.25, -0.2) is 4.79 Å². The molecule has 0 atom stereocenters. The minimum Gasteiger partial charge on any atom is -0.465 e. The van der Waals surface area contributed by atoms with Crippen molar-refractivity contribution in [3.05, 3.63) is 64.2 Å². The number of nitrogens with zero attached hydrogens (tertiary/aromatic N) is 1. The third-order valence-corrected chi connectivity index (χ3v) is 3.12. The van der Waals surface area contributed by atoms with Crippen molar-refractivity contribution in [2.45, 2.75) is 0 Å². The van der Waals surface area contributed by atoms with Gasteiger partial charge in [0, 0.05) is 17.8 Å². The quantitative estimate of drug-likeness (QED) is 0.478. The van der Waals surface area contributed by atoms with E-state index in [-0.39, 0.29) is 17.8 Å². The summed E-state index contributed by atoms with van der Waals surface area (Å²) in [5, 5.41) is 16.1. The number of rotatable bonds is 6. The number of nitrogens with one attached hydrogen (secondary N) is 2. The third-order valence-electron chi connectivity index (χ3n) is 3.12. The molecular formula is C16H15N3O5. The molecule has 0 radical (unpaired) electrons. The summed E-state index contributed by atoms with van der Waals surface area (Å²) in [6.07, 6.45) is 0. The Balaban J connectivity index is 2.01. The van der Waals surface area contributed by atoms with E-state index >= 15 is 0 Å². The second kappa shape index (κ2) is 7.73. The summed E-state index contributed by atoms with van der Waals surface area (Å²) in [4.78, 5) is 33.9. The molecule has 24 heavy (non-hydrogen) atoms. The van der Waals surface area contributed by atoms with Crippen LogP contribution in [0.3, 0.4) is 0 Å². The number of methoxy groups -OCH3 is 1. The van der Waals surface area contributed by atoms with Crippen LogP contribution in [-0.2, 0) is 9.53 Å². The maximum atomic E-state index is 12.0. The van der Waals surface area contributed by atoms with Gasteiger partial charge in [0.05, 0.1) is 29.8 Å². The lowest BCUT2D eigenvalue weighted by Crippen LogP contribution is -2.23. The number of esters is 1. The first-order valence-corrected chi connectivity index (χ1v) is 6.97. The predicted molar refractivity (Wildman–Crippen MR) is 88.0 cm³/mol. The highest BCUT2D eigenvalue weighted by Gasteiger charge is 2.13. The lowest BCUT2D eigenvalue weighted by atomic mass is 10.2. The molecule has 2 rings (SSSR count). The molecule has 8 heteroatoms. The Hall–Kier alpha value is -3.42. The van der Waals surface area contributed by atoms with Crippen LogP contribution in [0, 0.1) is 10.1 Å². The first kappa shape index (κ1) is 16.9. The second-order valence-electron chi connectivity index (χ2n) is 4.75. The van der Waals surface area contributed by atoms with Gasteiger partial charge < -0.3 is 15.4 Å². The van der Waals surface area contributed by atoms with Gasteiger partial charge in [-0.2, -0.15) is 0 Å². The number of nitro groups is 1. The summed E-state index contributed by atoms with van der Waals surface area (Å²) in [5.74, 6) is -0.963. The minimum absolute atomic E-state index is 0.0727.